The number of halogens is 2. The summed E-state index contributed by atoms with van der Waals surface area (Å²) in [6.45, 7) is 13.8. The predicted octanol–water partition coefficient (Wildman–Crippen LogP) is 16.2. The molecule has 4 aliphatic carbocycles. The summed E-state index contributed by atoms with van der Waals surface area (Å²) < 4.78 is 42.2. The predicted molar refractivity (Wildman–Crippen MR) is 283 cm³/mol. The number of carbonyl (C=O) groups is 2. The molecular formula is C64H66F2O6. The van der Waals surface area contributed by atoms with Crippen LogP contribution in [0.5, 0.6) is 11.5 Å². The van der Waals surface area contributed by atoms with E-state index in [0.29, 0.717) is 24.3 Å². The molecule has 0 heterocycles. The van der Waals surface area contributed by atoms with Gasteiger partial charge in [0, 0.05) is 11.1 Å². The largest absolute Gasteiger partial charge is 0.489 e. The molecule has 6 aromatic carbocycles. The zero-order valence-corrected chi connectivity index (χ0v) is 42.5. The Morgan fingerprint density at radius 1 is 0.528 bits per heavy atom. The Labute approximate surface area is 423 Å². The fourth-order valence-electron chi connectivity index (χ4n) is 11.6. The summed E-state index contributed by atoms with van der Waals surface area (Å²) in [5.74, 6) is -0.349. The Morgan fingerprint density at radius 2 is 0.944 bits per heavy atom. The van der Waals surface area contributed by atoms with Gasteiger partial charge in [-0.2, -0.15) is 0 Å². The second-order valence-electron chi connectivity index (χ2n) is 21.8. The molecule has 0 radical (unpaired) electrons. The Morgan fingerprint density at radius 3 is 1.32 bits per heavy atom. The maximum Gasteiger partial charge on any atom is 0.303 e. The van der Waals surface area contributed by atoms with Gasteiger partial charge in [-0.05, 0) is 215 Å². The average molecular weight is 969 g/mol. The lowest BCUT2D eigenvalue weighted by atomic mass is 9.79. The van der Waals surface area contributed by atoms with Crippen LogP contribution in [0.15, 0.2) is 121 Å². The Bertz CT molecular complexity index is 2910. The highest BCUT2D eigenvalue weighted by molar-refractivity contribution is 5.86. The van der Waals surface area contributed by atoms with Gasteiger partial charge in [0.15, 0.2) is 0 Å². The molecule has 6 nitrogen and oxygen atoms in total. The summed E-state index contributed by atoms with van der Waals surface area (Å²) >= 11 is 0. The first-order valence-corrected chi connectivity index (χ1v) is 25.6. The Balaban J connectivity index is 0.000000178. The number of aliphatic carboxylic acids is 2. The van der Waals surface area contributed by atoms with Gasteiger partial charge in [-0.3, -0.25) is 9.59 Å². The van der Waals surface area contributed by atoms with Gasteiger partial charge in [-0.25, -0.2) is 8.78 Å². The van der Waals surface area contributed by atoms with Crippen molar-refractivity contribution in [3.05, 3.63) is 189 Å². The van der Waals surface area contributed by atoms with Crippen molar-refractivity contribution in [1.82, 2.24) is 0 Å². The molecule has 0 bridgehead atoms. The summed E-state index contributed by atoms with van der Waals surface area (Å²) in [6.07, 6.45) is 12.7. The first kappa shape index (κ1) is 50.2. The zero-order chi connectivity index (χ0) is 50.9. The van der Waals surface area contributed by atoms with Crippen molar-refractivity contribution >= 4 is 23.1 Å². The van der Waals surface area contributed by atoms with Gasteiger partial charge in [0.1, 0.15) is 36.3 Å². The van der Waals surface area contributed by atoms with Gasteiger partial charge in [0.05, 0.1) is 12.8 Å². The minimum Gasteiger partial charge on any atom is -0.489 e. The number of hydrogen-bond donors (Lipinski definition) is 2. The molecule has 0 saturated carbocycles. The van der Waals surface area contributed by atoms with Crippen LogP contribution in [-0.4, -0.2) is 22.2 Å². The molecule has 0 aliphatic heterocycles. The van der Waals surface area contributed by atoms with Gasteiger partial charge in [-0.15, -0.1) is 0 Å². The number of ether oxygens (including phenoxy) is 2. The number of carboxylic acids is 2. The van der Waals surface area contributed by atoms with Crippen molar-refractivity contribution in [2.75, 3.05) is 0 Å². The normalized spacial score (nSPS) is 18.1. The third-order valence-corrected chi connectivity index (χ3v) is 15.6. The van der Waals surface area contributed by atoms with Crippen LogP contribution in [-0.2, 0) is 35.6 Å². The van der Waals surface area contributed by atoms with Crippen molar-refractivity contribution in [1.29, 1.82) is 0 Å². The molecule has 0 aromatic heterocycles. The van der Waals surface area contributed by atoms with Gasteiger partial charge in [0.25, 0.3) is 0 Å². The lowest BCUT2D eigenvalue weighted by molar-refractivity contribution is -0.138. The maximum atomic E-state index is 14.9. The van der Waals surface area contributed by atoms with Crippen LogP contribution in [0.3, 0.4) is 0 Å². The number of carboxylic acid groups (broad SMARTS) is 2. The van der Waals surface area contributed by atoms with Crippen LogP contribution in [0.25, 0.3) is 33.4 Å². The standard InChI is InChI=1S/2C32H33FO3/c2*1-20-6-13-30(33)28(15-20)25-12-7-21(16-27(25)29-5-4-14-32(29,2)3)19-36-24-11-10-22-8-9-23(17-31(34)35)26(22)18-24/h2*5-7,10-13,15-16,18,23H,4,8-9,14,17,19H2,1-3H3,(H,34,35)/t2*23-/m10/s1. The second-order valence-corrected chi connectivity index (χ2v) is 21.8. The zero-order valence-electron chi connectivity index (χ0n) is 42.5. The van der Waals surface area contributed by atoms with E-state index in [-0.39, 0.29) is 47.1 Å². The van der Waals surface area contributed by atoms with E-state index in [9.17, 15) is 28.6 Å². The smallest absolute Gasteiger partial charge is 0.303 e. The first-order chi connectivity index (χ1) is 34.4. The molecule has 0 amide bonds. The molecule has 2 atom stereocenters. The summed E-state index contributed by atoms with van der Waals surface area (Å²) in [4.78, 5) is 22.5. The quantitative estimate of drug-likeness (QED) is 0.113. The van der Waals surface area contributed by atoms with E-state index in [1.807, 2.05) is 74.5 Å². The Kier molecular flexibility index (Phi) is 14.4. The van der Waals surface area contributed by atoms with Crippen LogP contribution >= 0.6 is 0 Å². The molecule has 372 valence electrons. The summed E-state index contributed by atoms with van der Waals surface area (Å²) in [5.41, 5.74) is 16.5. The van der Waals surface area contributed by atoms with Crippen molar-refractivity contribution in [3.63, 3.8) is 0 Å². The third-order valence-electron chi connectivity index (χ3n) is 15.6. The van der Waals surface area contributed by atoms with Gasteiger partial charge < -0.3 is 19.7 Å². The lowest BCUT2D eigenvalue weighted by Gasteiger charge is -2.25. The van der Waals surface area contributed by atoms with Crippen LogP contribution in [0.4, 0.5) is 8.78 Å². The summed E-state index contributed by atoms with van der Waals surface area (Å²) in [5, 5.41) is 18.5. The summed E-state index contributed by atoms with van der Waals surface area (Å²) in [6, 6.07) is 35.0. The molecule has 2 N–H and O–H groups in total. The van der Waals surface area contributed by atoms with E-state index in [4.69, 9.17) is 9.47 Å². The first-order valence-electron chi connectivity index (χ1n) is 25.6. The molecule has 8 heteroatoms. The topological polar surface area (TPSA) is 93.1 Å². The van der Waals surface area contributed by atoms with Gasteiger partial charge >= 0.3 is 11.9 Å². The minimum atomic E-state index is -0.763. The highest BCUT2D eigenvalue weighted by Gasteiger charge is 2.33. The number of aryl methyl sites for hydroxylation is 4. The van der Waals surface area contributed by atoms with E-state index in [0.717, 1.165) is 119 Å². The van der Waals surface area contributed by atoms with Gasteiger partial charge in [-0.1, -0.05) is 99.5 Å². The number of allylic oxidation sites excluding steroid dienone is 4. The lowest BCUT2D eigenvalue weighted by Crippen LogP contribution is -2.10. The highest BCUT2D eigenvalue weighted by atomic mass is 19.1. The van der Waals surface area contributed by atoms with Crippen molar-refractivity contribution in [3.8, 4) is 33.8 Å². The van der Waals surface area contributed by atoms with E-state index in [2.05, 4.69) is 64.1 Å². The average Bonchev–Trinajstić information content (AvgIpc) is 4.13. The molecule has 6 aromatic rings. The molecule has 10 rings (SSSR count). The number of rotatable bonds is 14. The van der Waals surface area contributed by atoms with Crippen LogP contribution in [0.2, 0.25) is 0 Å². The SMILES string of the molecule is Cc1ccc(F)c(-c2ccc(COc3ccc4c(c3)[C@@H](CC(=O)O)CC4)cc2C2=CCCC2(C)C)c1.Cc1ccc(F)c(-c2ccc(COc3ccc4c(c3)[C@H](CC(=O)O)CC4)cc2C2=CCCC2(C)C)c1. The third kappa shape index (κ3) is 11.0. The fourth-order valence-corrected chi connectivity index (χ4v) is 11.6. The highest BCUT2D eigenvalue weighted by Crippen LogP contribution is 2.49. The molecule has 72 heavy (non-hydrogen) atoms. The monoisotopic (exact) mass is 968 g/mol. The summed E-state index contributed by atoms with van der Waals surface area (Å²) in [7, 11) is 0. The molecule has 0 saturated heterocycles. The van der Waals surface area contributed by atoms with Crippen LogP contribution < -0.4 is 9.47 Å². The minimum absolute atomic E-state index is 0.0215. The van der Waals surface area contributed by atoms with E-state index in [1.165, 1.54) is 22.3 Å². The van der Waals surface area contributed by atoms with Crippen molar-refractivity contribution in [2.24, 2.45) is 10.8 Å². The molecule has 4 aliphatic rings. The molecule has 0 fully saturated rings. The van der Waals surface area contributed by atoms with E-state index >= 15 is 0 Å². The fraction of sp³-hybridized carbons (Fsp3) is 0.344. The number of hydrogen-bond acceptors (Lipinski definition) is 4. The van der Waals surface area contributed by atoms with Crippen molar-refractivity contribution < 1.29 is 38.1 Å². The van der Waals surface area contributed by atoms with Crippen molar-refractivity contribution in [2.45, 2.75) is 131 Å². The maximum absolute atomic E-state index is 14.9. The number of fused-ring (bicyclic) bond motifs is 2. The molecule has 0 spiro atoms. The number of benzene rings is 6. The second kappa shape index (κ2) is 20.7. The van der Waals surface area contributed by atoms with Crippen LogP contribution in [0.1, 0.15) is 147 Å². The molecule has 0 unspecified atom stereocenters. The van der Waals surface area contributed by atoms with Gasteiger partial charge in [0.2, 0.25) is 0 Å². The molecular weight excluding hydrogens is 903 g/mol. The van der Waals surface area contributed by atoms with E-state index in [1.54, 1.807) is 24.3 Å². The Hall–Kier alpha value is -6.80. The van der Waals surface area contributed by atoms with Crippen LogP contribution in [0, 0.1) is 36.3 Å². The van der Waals surface area contributed by atoms with E-state index < -0.39 is 11.9 Å².